The van der Waals surface area contributed by atoms with Crippen molar-refractivity contribution in [3.8, 4) is 5.75 Å². The monoisotopic (exact) mass is 364 g/mol. The summed E-state index contributed by atoms with van der Waals surface area (Å²) < 4.78 is 39.9. The highest BCUT2D eigenvalue weighted by Crippen LogP contribution is 2.53. The van der Waals surface area contributed by atoms with Gasteiger partial charge in [0.05, 0.1) is 24.2 Å². The Morgan fingerprint density at radius 3 is 2.88 bits per heavy atom. The molecule has 0 bridgehead atoms. The van der Waals surface area contributed by atoms with Gasteiger partial charge >= 0.3 is 0 Å². The third kappa shape index (κ3) is 3.32. The molecular weight excluding hydrogens is 342 g/mol. The first-order chi connectivity index (χ1) is 12.5. The molecule has 0 radical (unpaired) electrons. The van der Waals surface area contributed by atoms with Crippen LogP contribution in [0.15, 0.2) is 23.0 Å². The van der Waals surface area contributed by atoms with Crippen LogP contribution in [0, 0.1) is 11.8 Å². The first-order valence-electron chi connectivity index (χ1n) is 9.06. The minimum Gasteiger partial charge on any atom is -0.497 e. The van der Waals surface area contributed by atoms with E-state index >= 15 is 0 Å². The number of methoxy groups -OCH3 is 1. The largest absolute Gasteiger partial charge is 0.497 e. The summed E-state index contributed by atoms with van der Waals surface area (Å²) in [6.45, 7) is 0.298. The molecule has 2 fully saturated rings. The van der Waals surface area contributed by atoms with E-state index in [1.165, 1.54) is 20.0 Å². The number of hydrogen-bond donors (Lipinski definition) is 1. The maximum absolute atomic E-state index is 14.5. The van der Waals surface area contributed by atoms with Crippen molar-refractivity contribution in [2.45, 2.75) is 44.1 Å². The van der Waals surface area contributed by atoms with E-state index in [9.17, 15) is 13.6 Å². The van der Waals surface area contributed by atoms with Crippen LogP contribution in [0.5, 0.6) is 5.75 Å². The zero-order valence-corrected chi connectivity index (χ0v) is 14.6. The second kappa shape index (κ2) is 6.61. The maximum atomic E-state index is 14.5. The number of nitrogens with zero attached hydrogens (tertiary/aromatic N) is 1. The molecule has 2 aliphatic rings. The molecule has 2 saturated carbocycles. The molecule has 1 heterocycles. The Bertz CT molecular complexity index is 867. The van der Waals surface area contributed by atoms with E-state index in [1.807, 2.05) is 0 Å². The van der Waals surface area contributed by atoms with Crippen molar-refractivity contribution in [3.63, 3.8) is 0 Å². The number of fused-ring (bicyclic) bond motifs is 2. The van der Waals surface area contributed by atoms with Crippen LogP contribution < -0.4 is 10.3 Å². The lowest BCUT2D eigenvalue weighted by molar-refractivity contribution is -0.0344. The number of hydrogen-bond acceptors (Lipinski definition) is 4. The van der Waals surface area contributed by atoms with Crippen molar-refractivity contribution in [1.82, 2.24) is 9.97 Å². The molecule has 0 spiro atoms. The highest BCUT2D eigenvalue weighted by atomic mass is 19.3. The molecule has 2 unspecified atom stereocenters. The first-order valence-corrected chi connectivity index (χ1v) is 9.06. The first kappa shape index (κ1) is 17.4. The third-order valence-electron chi connectivity index (χ3n) is 5.49. The number of alkyl halides is 2. The maximum Gasteiger partial charge on any atom is 0.295 e. The van der Waals surface area contributed by atoms with Gasteiger partial charge in [0.2, 0.25) is 0 Å². The topological polar surface area (TPSA) is 64.2 Å². The van der Waals surface area contributed by atoms with Gasteiger partial charge in [-0.3, -0.25) is 4.79 Å². The number of benzene rings is 1. The van der Waals surface area contributed by atoms with E-state index < -0.39 is 23.6 Å². The van der Waals surface area contributed by atoms with Crippen LogP contribution in [0.4, 0.5) is 8.78 Å². The summed E-state index contributed by atoms with van der Waals surface area (Å²) in [6.07, 6.45) is 3.45. The van der Waals surface area contributed by atoms with Crippen molar-refractivity contribution in [2.24, 2.45) is 11.8 Å². The van der Waals surface area contributed by atoms with Gasteiger partial charge in [-0.25, -0.2) is 4.98 Å². The molecule has 1 N–H and O–H groups in total. The van der Waals surface area contributed by atoms with E-state index in [1.54, 1.807) is 18.2 Å². The van der Waals surface area contributed by atoms with Crippen LogP contribution in [0.25, 0.3) is 11.0 Å². The number of aromatic amines is 1. The zero-order chi connectivity index (χ0) is 18.3. The molecule has 1 aromatic carbocycles. The van der Waals surface area contributed by atoms with E-state index in [-0.39, 0.29) is 12.5 Å². The van der Waals surface area contributed by atoms with Crippen molar-refractivity contribution in [1.29, 1.82) is 0 Å². The Hall–Kier alpha value is -2.02. The number of H-pyrrole nitrogens is 1. The molecule has 3 atom stereocenters. The highest BCUT2D eigenvalue weighted by molar-refractivity contribution is 5.75. The fourth-order valence-corrected chi connectivity index (χ4v) is 3.95. The molecule has 0 amide bonds. The molecule has 0 saturated heterocycles. The van der Waals surface area contributed by atoms with E-state index in [0.29, 0.717) is 29.3 Å². The summed E-state index contributed by atoms with van der Waals surface area (Å²) in [7, 11) is 1.49. The Morgan fingerprint density at radius 1 is 1.35 bits per heavy atom. The predicted octanol–water partition coefficient (Wildman–Crippen LogP) is 3.62. The lowest BCUT2D eigenvalue weighted by Gasteiger charge is -2.17. The Balaban J connectivity index is 1.42. The van der Waals surface area contributed by atoms with Crippen LogP contribution in [0.1, 0.15) is 37.8 Å². The highest BCUT2D eigenvalue weighted by Gasteiger charge is 2.48. The molecule has 7 heteroatoms. The van der Waals surface area contributed by atoms with Gasteiger partial charge in [0.15, 0.2) is 5.69 Å². The Labute approximate surface area is 149 Å². The van der Waals surface area contributed by atoms with Crippen molar-refractivity contribution >= 4 is 11.0 Å². The lowest BCUT2D eigenvalue weighted by atomic mass is 10.1. The number of nitrogens with one attached hydrogen (secondary N) is 1. The summed E-state index contributed by atoms with van der Waals surface area (Å²) in [6, 6.07) is 4.74. The molecule has 4 rings (SSSR count). The predicted molar refractivity (Wildman–Crippen MR) is 92.6 cm³/mol. The molecular formula is C19H22F2N2O3. The molecule has 0 aliphatic heterocycles. The molecule has 140 valence electrons. The summed E-state index contributed by atoms with van der Waals surface area (Å²) in [4.78, 5) is 18.5. The SMILES string of the molecule is COc1ccc2nc(C(F)(F)CCCO[C@H]3CCC4CC43)c(=O)[nH]c2c1. The third-order valence-corrected chi connectivity index (χ3v) is 5.49. The normalized spacial score (nSPS) is 24.7. The fraction of sp³-hybridized carbons (Fsp3) is 0.579. The Morgan fingerprint density at radius 2 is 2.19 bits per heavy atom. The quantitative estimate of drug-likeness (QED) is 0.762. The van der Waals surface area contributed by atoms with Gasteiger partial charge in [-0.15, -0.1) is 0 Å². The van der Waals surface area contributed by atoms with Gasteiger partial charge in [-0.05, 0) is 49.7 Å². The van der Waals surface area contributed by atoms with Crippen LogP contribution >= 0.6 is 0 Å². The average Bonchev–Trinajstić information content (AvgIpc) is 3.30. The van der Waals surface area contributed by atoms with Gasteiger partial charge < -0.3 is 14.5 Å². The molecule has 1 aromatic heterocycles. The molecule has 26 heavy (non-hydrogen) atoms. The second-order valence-electron chi connectivity index (χ2n) is 7.25. The number of halogens is 2. The van der Waals surface area contributed by atoms with E-state index in [4.69, 9.17) is 9.47 Å². The van der Waals surface area contributed by atoms with Crippen LogP contribution in [0.3, 0.4) is 0 Å². The van der Waals surface area contributed by atoms with Crippen molar-refractivity contribution < 1.29 is 18.3 Å². The minimum atomic E-state index is -3.29. The van der Waals surface area contributed by atoms with Crippen LogP contribution in [-0.2, 0) is 10.7 Å². The van der Waals surface area contributed by atoms with Crippen molar-refractivity contribution in [3.05, 3.63) is 34.2 Å². The van der Waals surface area contributed by atoms with E-state index in [2.05, 4.69) is 9.97 Å². The average molecular weight is 364 g/mol. The number of ether oxygens (including phenoxy) is 2. The minimum absolute atomic E-state index is 0.197. The number of rotatable bonds is 7. The van der Waals surface area contributed by atoms with Gasteiger partial charge in [0.25, 0.3) is 11.5 Å². The summed E-state index contributed by atoms with van der Waals surface area (Å²) in [5.41, 5.74) is -0.925. The van der Waals surface area contributed by atoms with E-state index in [0.717, 1.165) is 12.3 Å². The fourth-order valence-electron chi connectivity index (χ4n) is 3.95. The van der Waals surface area contributed by atoms with Gasteiger partial charge in [-0.2, -0.15) is 8.78 Å². The van der Waals surface area contributed by atoms with Crippen LogP contribution in [-0.4, -0.2) is 29.8 Å². The van der Waals surface area contributed by atoms with Crippen molar-refractivity contribution in [2.75, 3.05) is 13.7 Å². The molecule has 2 aromatic rings. The van der Waals surface area contributed by atoms with Crippen LogP contribution in [0.2, 0.25) is 0 Å². The summed E-state index contributed by atoms with van der Waals surface area (Å²) >= 11 is 0. The number of aromatic nitrogens is 2. The second-order valence-corrected chi connectivity index (χ2v) is 7.25. The smallest absolute Gasteiger partial charge is 0.295 e. The summed E-state index contributed by atoms with van der Waals surface area (Å²) in [5.74, 6) is -1.31. The molecule has 2 aliphatic carbocycles. The zero-order valence-electron chi connectivity index (χ0n) is 14.6. The summed E-state index contributed by atoms with van der Waals surface area (Å²) in [5, 5.41) is 0. The molecule has 5 nitrogen and oxygen atoms in total. The lowest BCUT2D eigenvalue weighted by Crippen LogP contribution is -2.27. The van der Waals surface area contributed by atoms with Gasteiger partial charge in [-0.1, -0.05) is 0 Å². The Kier molecular flexibility index (Phi) is 4.42. The van der Waals surface area contributed by atoms with Gasteiger partial charge in [0, 0.05) is 19.1 Å². The van der Waals surface area contributed by atoms with Gasteiger partial charge in [0.1, 0.15) is 5.75 Å². The standard InChI is InChI=1S/C19H22F2N2O3/c1-25-12-4-5-14-15(10-12)23-18(24)17(22-14)19(20,21)7-2-8-26-16-6-3-11-9-13(11)16/h4-5,10-11,13,16H,2-3,6-9H2,1H3,(H,23,24)/t11?,13?,16-/m0/s1.